The fraction of sp³-hybridized carbons (Fsp3) is 0.333. The summed E-state index contributed by atoms with van der Waals surface area (Å²) < 4.78 is 10.4. The quantitative estimate of drug-likeness (QED) is 0.701. The SMILES string of the molecule is CONCc1c(O)ccc2c1OCO2. The van der Waals surface area contributed by atoms with E-state index in [1.54, 1.807) is 12.1 Å². The first-order valence-corrected chi connectivity index (χ1v) is 4.19. The molecule has 0 aliphatic carbocycles. The molecule has 0 unspecified atom stereocenters. The zero-order chi connectivity index (χ0) is 9.97. The van der Waals surface area contributed by atoms with Crippen LogP contribution in [0.25, 0.3) is 0 Å². The molecule has 1 aliphatic rings. The van der Waals surface area contributed by atoms with E-state index in [2.05, 4.69) is 5.48 Å². The lowest BCUT2D eigenvalue weighted by Gasteiger charge is -2.07. The number of rotatable bonds is 3. The molecule has 0 aromatic heterocycles. The van der Waals surface area contributed by atoms with Crippen LogP contribution >= 0.6 is 0 Å². The van der Waals surface area contributed by atoms with Crippen LogP contribution in [0, 0.1) is 0 Å². The van der Waals surface area contributed by atoms with Crippen LogP contribution in [0.3, 0.4) is 0 Å². The number of nitrogens with one attached hydrogen (secondary N) is 1. The summed E-state index contributed by atoms with van der Waals surface area (Å²) >= 11 is 0. The monoisotopic (exact) mass is 197 g/mol. The topological polar surface area (TPSA) is 60.0 Å². The average molecular weight is 197 g/mol. The van der Waals surface area contributed by atoms with Gasteiger partial charge in [0, 0.05) is 0 Å². The highest BCUT2D eigenvalue weighted by Crippen LogP contribution is 2.39. The maximum absolute atomic E-state index is 9.57. The van der Waals surface area contributed by atoms with Gasteiger partial charge in [-0.25, -0.2) is 0 Å². The van der Waals surface area contributed by atoms with Gasteiger partial charge in [0.05, 0.1) is 19.2 Å². The van der Waals surface area contributed by atoms with Crippen molar-refractivity contribution < 1.29 is 19.4 Å². The second-order valence-corrected chi connectivity index (χ2v) is 2.82. The molecule has 0 atom stereocenters. The van der Waals surface area contributed by atoms with Crippen LogP contribution in [0.5, 0.6) is 17.2 Å². The first-order valence-electron chi connectivity index (χ1n) is 4.19. The van der Waals surface area contributed by atoms with Crippen molar-refractivity contribution in [3.05, 3.63) is 17.7 Å². The smallest absolute Gasteiger partial charge is 0.231 e. The van der Waals surface area contributed by atoms with Gasteiger partial charge < -0.3 is 19.4 Å². The average Bonchev–Trinajstić information content (AvgIpc) is 2.64. The number of hydrogen-bond acceptors (Lipinski definition) is 5. The lowest BCUT2D eigenvalue weighted by Crippen LogP contribution is -2.11. The number of benzene rings is 1. The molecule has 76 valence electrons. The van der Waals surface area contributed by atoms with Crippen LogP contribution in [0.1, 0.15) is 5.56 Å². The molecular weight excluding hydrogens is 186 g/mol. The third-order valence-electron chi connectivity index (χ3n) is 2.01. The lowest BCUT2D eigenvalue weighted by atomic mass is 10.1. The summed E-state index contributed by atoms with van der Waals surface area (Å²) in [7, 11) is 1.51. The zero-order valence-corrected chi connectivity index (χ0v) is 7.74. The third-order valence-corrected chi connectivity index (χ3v) is 2.01. The summed E-state index contributed by atoms with van der Waals surface area (Å²) in [5, 5.41) is 9.57. The molecule has 1 aliphatic heterocycles. The normalized spacial score (nSPS) is 13.2. The van der Waals surface area contributed by atoms with Crippen LogP contribution in [0.15, 0.2) is 12.1 Å². The predicted octanol–water partition coefficient (Wildman–Crippen LogP) is 0.772. The molecule has 0 fully saturated rings. The highest BCUT2D eigenvalue weighted by atomic mass is 16.7. The van der Waals surface area contributed by atoms with E-state index < -0.39 is 0 Å². The number of hydrogen-bond donors (Lipinski definition) is 2. The van der Waals surface area contributed by atoms with E-state index in [4.69, 9.17) is 14.3 Å². The van der Waals surface area contributed by atoms with Gasteiger partial charge in [0.25, 0.3) is 0 Å². The van der Waals surface area contributed by atoms with Crippen molar-refractivity contribution in [2.75, 3.05) is 13.9 Å². The first kappa shape index (κ1) is 9.11. The van der Waals surface area contributed by atoms with E-state index in [-0.39, 0.29) is 12.5 Å². The second kappa shape index (κ2) is 3.73. The number of ether oxygens (including phenoxy) is 2. The molecule has 2 N–H and O–H groups in total. The first-order chi connectivity index (χ1) is 6.83. The Morgan fingerprint density at radius 1 is 1.50 bits per heavy atom. The number of fused-ring (bicyclic) bond motifs is 1. The van der Waals surface area contributed by atoms with Crippen molar-refractivity contribution in [1.82, 2.24) is 5.48 Å². The number of phenols is 1. The zero-order valence-electron chi connectivity index (χ0n) is 7.74. The second-order valence-electron chi connectivity index (χ2n) is 2.82. The number of hydroxylamine groups is 1. The Labute approximate surface area is 81.2 Å². The molecule has 1 heterocycles. The van der Waals surface area contributed by atoms with Gasteiger partial charge in [0.1, 0.15) is 5.75 Å². The van der Waals surface area contributed by atoms with Gasteiger partial charge in [0.15, 0.2) is 11.5 Å². The van der Waals surface area contributed by atoms with E-state index in [0.29, 0.717) is 23.6 Å². The Morgan fingerprint density at radius 2 is 2.36 bits per heavy atom. The molecule has 1 aromatic carbocycles. The Balaban J connectivity index is 2.31. The van der Waals surface area contributed by atoms with E-state index in [1.165, 1.54) is 7.11 Å². The van der Waals surface area contributed by atoms with Gasteiger partial charge in [-0.05, 0) is 12.1 Å². The van der Waals surface area contributed by atoms with Crippen molar-refractivity contribution in [1.29, 1.82) is 0 Å². The van der Waals surface area contributed by atoms with Crippen molar-refractivity contribution in [2.45, 2.75) is 6.54 Å². The summed E-state index contributed by atoms with van der Waals surface area (Å²) in [5.41, 5.74) is 3.28. The van der Waals surface area contributed by atoms with Gasteiger partial charge >= 0.3 is 0 Å². The molecule has 0 radical (unpaired) electrons. The van der Waals surface area contributed by atoms with Gasteiger partial charge in [-0.15, -0.1) is 0 Å². The maximum atomic E-state index is 9.57. The Kier molecular flexibility index (Phi) is 2.43. The van der Waals surface area contributed by atoms with Gasteiger partial charge in [-0.2, -0.15) is 5.48 Å². The van der Waals surface area contributed by atoms with E-state index in [1.807, 2.05) is 0 Å². The Bertz CT molecular complexity index is 340. The van der Waals surface area contributed by atoms with Crippen LogP contribution in [0.2, 0.25) is 0 Å². The standard InChI is InChI=1S/C9H11NO4/c1-12-10-4-6-7(11)2-3-8-9(6)14-5-13-8/h2-3,10-11H,4-5H2,1H3. The molecule has 2 rings (SSSR count). The molecule has 14 heavy (non-hydrogen) atoms. The summed E-state index contributed by atoms with van der Waals surface area (Å²) in [6, 6.07) is 3.24. The fourth-order valence-electron chi connectivity index (χ4n) is 1.33. The van der Waals surface area contributed by atoms with E-state index in [0.717, 1.165) is 0 Å². The van der Waals surface area contributed by atoms with E-state index >= 15 is 0 Å². The number of aromatic hydroxyl groups is 1. The summed E-state index contributed by atoms with van der Waals surface area (Å²) in [5.74, 6) is 1.39. The van der Waals surface area contributed by atoms with Crippen LogP contribution in [-0.4, -0.2) is 19.0 Å². The van der Waals surface area contributed by atoms with Crippen molar-refractivity contribution in [3.8, 4) is 17.2 Å². The Morgan fingerprint density at radius 3 is 3.14 bits per heavy atom. The molecule has 1 aromatic rings. The predicted molar refractivity (Wildman–Crippen MR) is 48.1 cm³/mol. The fourth-order valence-corrected chi connectivity index (χ4v) is 1.33. The molecule has 5 nitrogen and oxygen atoms in total. The highest BCUT2D eigenvalue weighted by molar-refractivity contribution is 5.54. The summed E-state index contributed by atoms with van der Waals surface area (Å²) in [4.78, 5) is 4.70. The summed E-state index contributed by atoms with van der Waals surface area (Å²) in [6.45, 7) is 0.563. The van der Waals surface area contributed by atoms with Crippen LogP contribution < -0.4 is 15.0 Å². The molecule has 0 bridgehead atoms. The van der Waals surface area contributed by atoms with Crippen molar-refractivity contribution in [3.63, 3.8) is 0 Å². The van der Waals surface area contributed by atoms with Crippen molar-refractivity contribution in [2.24, 2.45) is 0 Å². The van der Waals surface area contributed by atoms with E-state index in [9.17, 15) is 5.11 Å². The van der Waals surface area contributed by atoms with Gasteiger partial charge in [0.2, 0.25) is 6.79 Å². The minimum absolute atomic E-state index is 0.166. The molecule has 0 saturated carbocycles. The van der Waals surface area contributed by atoms with Crippen LogP contribution in [-0.2, 0) is 11.4 Å². The van der Waals surface area contributed by atoms with Crippen molar-refractivity contribution >= 4 is 0 Å². The third kappa shape index (κ3) is 1.47. The van der Waals surface area contributed by atoms with Gasteiger partial charge in [-0.3, -0.25) is 0 Å². The number of phenolic OH excluding ortho intramolecular Hbond substituents is 1. The molecule has 5 heteroatoms. The molecule has 0 amide bonds. The van der Waals surface area contributed by atoms with Crippen LogP contribution in [0.4, 0.5) is 0 Å². The Hall–Kier alpha value is -1.46. The molecular formula is C9H11NO4. The largest absolute Gasteiger partial charge is 0.507 e. The lowest BCUT2D eigenvalue weighted by molar-refractivity contribution is 0.0852. The minimum atomic E-state index is 0.166. The molecule has 0 spiro atoms. The minimum Gasteiger partial charge on any atom is -0.507 e. The van der Waals surface area contributed by atoms with Gasteiger partial charge in [-0.1, -0.05) is 0 Å². The highest BCUT2D eigenvalue weighted by Gasteiger charge is 2.20. The molecule has 0 saturated heterocycles. The summed E-state index contributed by atoms with van der Waals surface area (Å²) in [6.07, 6.45) is 0. The maximum Gasteiger partial charge on any atom is 0.231 e.